The van der Waals surface area contributed by atoms with Crippen molar-refractivity contribution in [1.82, 2.24) is 19.9 Å². The van der Waals surface area contributed by atoms with Gasteiger partial charge in [0.15, 0.2) is 5.11 Å². The molecule has 34 heavy (non-hydrogen) atoms. The lowest BCUT2D eigenvalue weighted by Gasteiger charge is -2.30. The Labute approximate surface area is 204 Å². The molecular weight excluding hydrogens is 446 g/mol. The second-order valence-corrected chi connectivity index (χ2v) is 8.30. The average Bonchev–Trinajstić information content (AvgIpc) is 3.48. The summed E-state index contributed by atoms with van der Waals surface area (Å²) in [5, 5.41) is 4.10. The number of ether oxygens (including phenoxy) is 2. The van der Waals surface area contributed by atoms with Crippen LogP contribution in [-0.4, -0.2) is 33.9 Å². The highest BCUT2D eigenvalue weighted by atomic mass is 32.1. The number of hydrogen-bond donors (Lipinski definition) is 1. The van der Waals surface area contributed by atoms with E-state index in [-0.39, 0.29) is 12.1 Å². The number of nitrogens with zero attached hydrogens (tertiary/aromatic N) is 4. The molecule has 0 bridgehead atoms. The fourth-order valence-electron chi connectivity index (χ4n) is 4.41. The minimum Gasteiger partial charge on any atom is -0.497 e. The third-order valence-electron chi connectivity index (χ3n) is 5.97. The van der Waals surface area contributed by atoms with E-state index in [0.717, 1.165) is 28.5 Å². The molecule has 1 aliphatic rings. The van der Waals surface area contributed by atoms with E-state index in [1.54, 1.807) is 20.4 Å². The van der Waals surface area contributed by atoms with E-state index < -0.39 is 0 Å². The summed E-state index contributed by atoms with van der Waals surface area (Å²) in [7, 11) is 3.31. The van der Waals surface area contributed by atoms with Crippen LogP contribution < -0.4 is 19.7 Å². The lowest BCUT2D eigenvalue weighted by molar-refractivity contribution is 0.402. The lowest BCUT2D eigenvalue weighted by Crippen LogP contribution is -2.31. The van der Waals surface area contributed by atoms with Gasteiger partial charge in [0.1, 0.15) is 17.5 Å². The topological polar surface area (TPSA) is 64.4 Å². The Bertz CT molecular complexity index is 1280. The maximum atomic E-state index is 5.88. The van der Waals surface area contributed by atoms with Crippen molar-refractivity contribution in [3.63, 3.8) is 0 Å². The third-order valence-corrected chi connectivity index (χ3v) is 6.28. The molecule has 0 spiro atoms. The molecule has 2 atom stereocenters. The van der Waals surface area contributed by atoms with E-state index in [0.29, 0.717) is 17.4 Å². The van der Waals surface area contributed by atoms with Crippen molar-refractivity contribution < 1.29 is 9.47 Å². The number of thiocarbonyl (C=S) groups is 1. The van der Waals surface area contributed by atoms with E-state index in [1.165, 1.54) is 0 Å². The normalized spacial score (nSPS) is 17.5. The molecule has 1 N–H and O–H groups in total. The summed E-state index contributed by atoms with van der Waals surface area (Å²) in [6.45, 7) is 0.643. The molecule has 7 nitrogen and oxygen atoms in total. The van der Waals surface area contributed by atoms with Gasteiger partial charge in [-0.05, 0) is 60.7 Å². The Kier molecular flexibility index (Phi) is 6.14. The standard InChI is InChI=1S/C26H25N5O2S/c1-32-19-11-12-23(33-2)22(16-19)31-25(24(29-26(31)34)20-9-4-6-14-28-20)21-10-7-15-30(21)17-18-8-3-5-13-27-18/h3-16,24-25H,17H2,1-2H3,(H,29,34)/t24-,25+/m0/s1. The first-order valence-corrected chi connectivity index (χ1v) is 11.4. The summed E-state index contributed by atoms with van der Waals surface area (Å²) in [6.07, 6.45) is 5.69. The highest BCUT2D eigenvalue weighted by molar-refractivity contribution is 7.80. The number of pyridine rings is 2. The molecule has 0 aliphatic carbocycles. The minimum atomic E-state index is -0.179. The number of aromatic nitrogens is 3. The van der Waals surface area contributed by atoms with E-state index >= 15 is 0 Å². The molecule has 1 fully saturated rings. The van der Waals surface area contributed by atoms with Crippen LogP contribution in [0.3, 0.4) is 0 Å². The maximum Gasteiger partial charge on any atom is 0.174 e. The molecule has 4 aromatic rings. The molecule has 1 aliphatic heterocycles. The number of methoxy groups -OCH3 is 2. The Morgan fingerprint density at radius 3 is 2.47 bits per heavy atom. The molecule has 5 rings (SSSR count). The van der Waals surface area contributed by atoms with Crippen molar-refractivity contribution >= 4 is 23.0 Å². The van der Waals surface area contributed by atoms with Crippen molar-refractivity contribution in [3.05, 3.63) is 102 Å². The summed E-state index contributed by atoms with van der Waals surface area (Å²) < 4.78 is 13.4. The zero-order chi connectivity index (χ0) is 23.5. The minimum absolute atomic E-state index is 0.165. The van der Waals surface area contributed by atoms with Gasteiger partial charge in [-0.2, -0.15) is 0 Å². The van der Waals surface area contributed by atoms with E-state index in [1.807, 2.05) is 60.8 Å². The van der Waals surface area contributed by atoms with Gasteiger partial charge in [0.2, 0.25) is 0 Å². The van der Waals surface area contributed by atoms with Crippen LogP contribution in [0.5, 0.6) is 11.5 Å². The highest BCUT2D eigenvalue weighted by Gasteiger charge is 2.43. The Hall–Kier alpha value is -3.91. The summed E-state index contributed by atoms with van der Waals surface area (Å²) in [6, 6.07) is 21.4. The predicted octanol–water partition coefficient (Wildman–Crippen LogP) is 4.52. The van der Waals surface area contributed by atoms with Gasteiger partial charge < -0.3 is 24.3 Å². The molecule has 0 amide bonds. The van der Waals surface area contributed by atoms with E-state index in [2.05, 4.69) is 43.1 Å². The van der Waals surface area contributed by atoms with Crippen LogP contribution in [-0.2, 0) is 6.54 Å². The largest absolute Gasteiger partial charge is 0.497 e. The van der Waals surface area contributed by atoms with Crippen molar-refractivity contribution in [2.45, 2.75) is 18.6 Å². The summed E-state index contributed by atoms with van der Waals surface area (Å²) in [5.41, 5.74) is 3.80. The SMILES string of the molecule is COc1ccc(OC)c(N2C(=S)N[C@@H](c3ccccn3)[C@H]2c2cccn2Cc2ccccn2)c1. The Morgan fingerprint density at radius 2 is 1.76 bits per heavy atom. The number of anilines is 1. The monoisotopic (exact) mass is 471 g/mol. The molecule has 4 heterocycles. The average molecular weight is 472 g/mol. The van der Waals surface area contributed by atoms with Gasteiger partial charge in [-0.15, -0.1) is 0 Å². The predicted molar refractivity (Wildman–Crippen MR) is 135 cm³/mol. The van der Waals surface area contributed by atoms with Crippen LogP contribution in [0.1, 0.15) is 29.2 Å². The molecule has 3 aromatic heterocycles. The number of rotatable bonds is 7. The first-order valence-electron chi connectivity index (χ1n) is 11.0. The van der Waals surface area contributed by atoms with Gasteiger partial charge in [0.05, 0.1) is 43.9 Å². The molecule has 0 radical (unpaired) electrons. The molecule has 1 aromatic carbocycles. The molecule has 1 saturated heterocycles. The van der Waals surface area contributed by atoms with Crippen molar-refractivity contribution in [1.29, 1.82) is 0 Å². The fourth-order valence-corrected chi connectivity index (χ4v) is 4.74. The molecular formula is C26H25N5O2S. The van der Waals surface area contributed by atoms with Gasteiger partial charge in [-0.25, -0.2) is 0 Å². The zero-order valence-electron chi connectivity index (χ0n) is 19.0. The van der Waals surface area contributed by atoms with Gasteiger partial charge in [-0.1, -0.05) is 12.1 Å². The number of hydrogen-bond acceptors (Lipinski definition) is 5. The molecule has 172 valence electrons. The number of nitrogens with one attached hydrogen (secondary N) is 1. The first kappa shape index (κ1) is 21.9. The fraction of sp³-hybridized carbons (Fsp3) is 0.192. The maximum absolute atomic E-state index is 5.88. The van der Waals surface area contributed by atoms with Crippen molar-refractivity contribution in [2.24, 2.45) is 0 Å². The van der Waals surface area contributed by atoms with Gasteiger partial charge in [0.25, 0.3) is 0 Å². The number of benzene rings is 1. The quantitative estimate of drug-likeness (QED) is 0.398. The molecule has 0 saturated carbocycles. The van der Waals surface area contributed by atoms with Crippen LogP contribution in [0, 0.1) is 0 Å². The summed E-state index contributed by atoms with van der Waals surface area (Å²) in [4.78, 5) is 11.3. The lowest BCUT2D eigenvalue weighted by atomic mass is 10.0. The van der Waals surface area contributed by atoms with Crippen LogP contribution >= 0.6 is 12.2 Å². The highest BCUT2D eigenvalue weighted by Crippen LogP contribution is 2.45. The van der Waals surface area contributed by atoms with Crippen molar-refractivity contribution in [2.75, 3.05) is 19.1 Å². The molecule has 0 unspecified atom stereocenters. The zero-order valence-corrected chi connectivity index (χ0v) is 19.8. The van der Waals surface area contributed by atoms with Crippen LogP contribution in [0.4, 0.5) is 5.69 Å². The third kappa shape index (κ3) is 4.08. The van der Waals surface area contributed by atoms with E-state index in [9.17, 15) is 0 Å². The first-order chi connectivity index (χ1) is 16.7. The van der Waals surface area contributed by atoms with Crippen molar-refractivity contribution in [3.8, 4) is 11.5 Å². The smallest absolute Gasteiger partial charge is 0.174 e. The summed E-state index contributed by atoms with van der Waals surface area (Å²) in [5.74, 6) is 1.43. The second kappa shape index (κ2) is 9.52. The van der Waals surface area contributed by atoms with Crippen LogP contribution in [0.2, 0.25) is 0 Å². The Balaban J connectivity index is 1.64. The van der Waals surface area contributed by atoms with E-state index in [4.69, 9.17) is 21.7 Å². The molecule has 8 heteroatoms. The van der Waals surface area contributed by atoms with Gasteiger partial charge >= 0.3 is 0 Å². The van der Waals surface area contributed by atoms with Gasteiger partial charge in [-0.3, -0.25) is 9.97 Å². The Morgan fingerprint density at radius 1 is 0.941 bits per heavy atom. The van der Waals surface area contributed by atoms with Gasteiger partial charge in [0, 0.05) is 30.4 Å². The summed E-state index contributed by atoms with van der Waals surface area (Å²) >= 11 is 5.88. The second-order valence-electron chi connectivity index (χ2n) is 7.92. The van der Waals surface area contributed by atoms with Crippen LogP contribution in [0.25, 0.3) is 0 Å². The van der Waals surface area contributed by atoms with Crippen LogP contribution in [0.15, 0.2) is 85.3 Å².